The number of likely N-dealkylation sites (N-methyl/N-ethyl adjacent to an activating group) is 1. The van der Waals surface area contributed by atoms with E-state index in [9.17, 15) is 19.2 Å². The summed E-state index contributed by atoms with van der Waals surface area (Å²) in [5, 5.41) is 6.02. The number of carbonyl (C=O) groups is 4. The Labute approximate surface area is 238 Å². The van der Waals surface area contributed by atoms with E-state index in [1.54, 1.807) is 27.7 Å². The summed E-state index contributed by atoms with van der Waals surface area (Å²) in [6, 6.07) is 5.08. The lowest BCUT2D eigenvalue weighted by atomic mass is 9.85. The lowest BCUT2D eigenvalue weighted by Gasteiger charge is -2.37. The maximum atomic E-state index is 14.0. The van der Waals surface area contributed by atoms with E-state index in [4.69, 9.17) is 10.5 Å². The van der Waals surface area contributed by atoms with Crippen LogP contribution in [0.15, 0.2) is 24.3 Å². The highest BCUT2D eigenvalue weighted by Gasteiger charge is 2.45. The molecule has 0 aromatic heterocycles. The Bertz CT molecular complexity index is 1110. The largest absolute Gasteiger partial charge is 0.444 e. The maximum absolute atomic E-state index is 14.0. The lowest BCUT2D eigenvalue weighted by Crippen LogP contribution is -2.60. The summed E-state index contributed by atoms with van der Waals surface area (Å²) < 4.78 is 5.38. The van der Waals surface area contributed by atoms with E-state index in [1.165, 1.54) is 22.4 Å². The van der Waals surface area contributed by atoms with Crippen molar-refractivity contribution in [2.45, 2.75) is 110 Å². The molecular weight excluding hydrogens is 510 g/mol. The molecule has 2 aliphatic rings. The molecule has 40 heavy (non-hydrogen) atoms. The van der Waals surface area contributed by atoms with Crippen LogP contribution in [0.3, 0.4) is 0 Å². The maximum Gasteiger partial charge on any atom is 0.410 e. The van der Waals surface area contributed by atoms with Gasteiger partial charge in [0.15, 0.2) is 0 Å². The predicted octanol–water partition coefficient (Wildman–Crippen LogP) is 2.89. The Morgan fingerprint density at radius 3 is 2.38 bits per heavy atom. The second kappa shape index (κ2) is 12.2. The van der Waals surface area contributed by atoms with E-state index in [-0.39, 0.29) is 30.4 Å². The van der Waals surface area contributed by atoms with Crippen LogP contribution in [0.4, 0.5) is 4.79 Å². The minimum atomic E-state index is -0.939. The number of carbonyl (C=O) groups excluding carboxylic acids is 4. The number of hydrogen-bond donors (Lipinski definition) is 3. The number of benzene rings is 1. The second-order valence-electron chi connectivity index (χ2n) is 13.2. The van der Waals surface area contributed by atoms with Crippen LogP contribution >= 0.6 is 0 Å². The molecule has 0 saturated carbocycles. The summed E-state index contributed by atoms with van der Waals surface area (Å²) >= 11 is 0. The monoisotopic (exact) mass is 557 g/mol. The number of hydrogen-bond acceptors (Lipinski definition) is 6. The SMILES string of the molecule is C[C@@H](C(=O)NC(C(=O)N1C[C@@H](N)C[C@H]1C(=O)N[C@@H]1CCCc2ccccc21)C(C)(C)C)N(C)C(=O)OC(C)(C)C. The second-order valence-corrected chi connectivity index (χ2v) is 13.2. The number of nitrogens with two attached hydrogens (primary N) is 1. The van der Waals surface area contributed by atoms with Gasteiger partial charge in [0.25, 0.3) is 0 Å². The third-order valence-corrected chi connectivity index (χ3v) is 7.65. The molecule has 0 spiro atoms. The molecule has 222 valence electrons. The zero-order valence-corrected chi connectivity index (χ0v) is 25.2. The molecule has 0 bridgehead atoms. The van der Waals surface area contributed by atoms with Crippen molar-refractivity contribution in [2.24, 2.45) is 11.1 Å². The first kappa shape index (κ1) is 31.4. The van der Waals surface area contributed by atoms with E-state index in [0.29, 0.717) is 6.42 Å². The first-order chi connectivity index (χ1) is 18.5. The van der Waals surface area contributed by atoms with Crippen LogP contribution in [0.25, 0.3) is 0 Å². The van der Waals surface area contributed by atoms with Gasteiger partial charge in [-0.2, -0.15) is 0 Å². The normalized spacial score (nSPS) is 22.5. The van der Waals surface area contributed by atoms with Crippen molar-refractivity contribution < 1.29 is 23.9 Å². The van der Waals surface area contributed by atoms with Gasteiger partial charge in [-0.05, 0) is 69.9 Å². The van der Waals surface area contributed by atoms with Crippen molar-refractivity contribution in [1.82, 2.24) is 20.4 Å². The van der Waals surface area contributed by atoms with Gasteiger partial charge in [-0.1, -0.05) is 45.0 Å². The molecule has 5 atom stereocenters. The van der Waals surface area contributed by atoms with Gasteiger partial charge in [0.05, 0.1) is 6.04 Å². The van der Waals surface area contributed by atoms with Crippen LogP contribution in [-0.2, 0) is 25.5 Å². The summed E-state index contributed by atoms with van der Waals surface area (Å²) in [5.41, 5.74) is 7.23. The van der Waals surface area contributed by atoms with Crippen LogP contribution < -0.4 is 16.4 Å². The molecule has 1 aromatic carbocycles. The molecule has 4 N–H and O–H groups in total. The number of aryl methyl sites for hydroxylation is 1. The Morgan fingerprint density at radius 2 is 1.75 bits per heavy atom. The summed E-state index contributed by atoms with van der Waals surface area (Å²) in [5.74, 6) is -1.10. The van der Waals surface area contributed by atoms with Crippen LogP contribution in [0.1, 0.15) is 84.9 Å². The van der Waals surface area contributed by atoms with Crippen LogP contribution in [0.5, 0.6) is 0 Å². The van der Waals surface area contributed by atoms with Crippen molar-refractivity contribution in [2.75, 3.05) is 13.6 Å². The molecule has 1 heterocycles. The Hall–Kier alpha value is -3.14. The number of fused-ring (bicyclic) bond motifs is 1. The summed E-state index contributed by atoms with van der Waals surface area (Å²) in [6.07, 6.45) is 2.49. The number of nitrogens with one attached hydrogen (secondary N) is 2. The van der Waals surface area contributed by atoms with Crippen molar-refractivity contribution >= 4 is 23.8 Å². The van der Waals surface area contributed by atoms with Crippen LogP contribution in [0.2, 0.25) is 0 Å². The van der Waals surface area contributed by atoms with Gasteiger partial charge in [0.2, 0.25) is 17.7 Å². The van der Waals surface area contributed by atoms with Gasteiger partial charge in [-0.15, -0.1) is 0 Å². The van der Waals surface area contributed by atoms with Crippen molar-refractivity contribution in [3.05, 3.63) is 35.4 Å². The number of ether oxygens (including phenoxy) is 1. The number of likely N-dealkylation sites (tertiary alicyclic amines) is 1. The first-order valence-electron chi connectivity index (χ1n) is 14.2. The quantitative estimate of drug-likeness (QED) is 0.493. The van der Waals surface area contributed by atoms with E-state index >= 15 is 0 Å². The minimum Gasteiger partial charge on any atom is -0.444 e. The van der Waals surface area contributed by atoms with E-state index in [1.807, 2.05) is 39.0 Å². The molecule has 10 nitrogen and oxygen atoms in total. The summed E-state index contributed by atoms with van der Waals surface area (Å²) in [4.78, 5) is 56.0. The molecular formula is C30H47N5O5. The highest BCUT2D eigenvalue weighted by molar-refractivity contribution is 5.94. The molecule has 1 aromatic rings. The molecule has 10 heteroatoms. The van der Waals surface area contributed by atoms with Gasteiger partial charge >= 0.3 is 6.09 Å². The fourth-order valence-corrected chi connectivity index (χ4v) is 5.28. The zero-order valence-electron chi connectivity index (χ0n) is 25.2. The van der Waals surface area contributed by atoms with E-state index < -0.39 is 41.1 Å². The standard InChI is InChI=1S/C30H47N5O5/c1-18(34(8)28(39)40-30(5,6)7)25(36)33-24(29(2,3)4)27(38)35-17-20(31)16-23(35)26(37)32-22-15-11-13-19-12-9-10-14-21(19)22/h9-10,12,14,18,20,22-24H,11,13,15-17,31H2,1-8H3,(H,32,37)(H,33,36)/t18-,20-,22+,23-,24?/m0/s1. The smallest absolute Gasteiger partial charge is 0.410 e. The molecule has 0 radical (unpaired) electrons. The van der Waals surface area contributed by atoms with Crippen molar-refractivity contribution in [3.8, 4) is 0 Å². The first-order valence-corrected chi connectivity index (χ1v) is 14.2. The minimum absolute atomic E-state index is 0.117. The molecule has 3 rings (SSSR count). The summed E-state index contributed by atoms with van der Waals surface area (Å²) in [6.45, 7) is 12.6. The number of nitrogens with zero attached hydrogens (tertiary/aromatic N) is 2. The van der Waals surface area contributed by atoms with Gasteiger partial charge < -0.3 is 26.0 Å². The molecule has 1 fully saturated rings. The fraction of sp³-hybridized carbons (Fsp3) is 0.667. The third-order valence-electron chi connectivity index (χ3n) is 7.65. The Balaban J connectivity index is 1.75. The van der Waals surface area contributed by atoms with E-state index in [2.05, 4.69) is 16.7 Å². The van der Waals surface area contributed by atoms with Crippen molar-refractivity contribution in [1.29, 1.82) is 0 Å². The summed E-state index contributed by atoms with van der Waals surface area (Å²) in [7, 11) is 1.48. The zero-order chi connectivity index (χ0) is 30.0. The molecule has 1 unspecified atom stereocenters. The molecule has 1 saturated heterocycles. The Kier molecular flexibility index (Phi) is 9.54. The highest BCUT2D eigenvalue weighted by atomic mass is 16.6. The Morgan fingerprint density at radius 1 is 1.10 bits per heavy atom. The number of rotatable bonds is 6. The average Bonchev–Trinajstić information content (AvgIpc) is 3.26. The van der Waals surface area contributed by atoms with Gasteiger partial charge in [0.1, 0.15) is 23.7 Å². The van der Waals surface area contributed by atoms with Crippen LogP contribution in [-0.4, -0.2) is 77.0 Å². The lowest BCUT2D eigenvalue weighted by molar-refractivity contribution is -0.144. The highest BCUT2D eigenvalue weighted by Crippen LogP contribution is 2.31. The fourth-order valence-electron chi connectivity index (χ4n) is 5.28. The van der Waals surface area contributed by atoms with Crippen LogP contribution in [0, 0.1) is 5.41 Å². The molecule has 4 amide bonds. The van der Waals surface area contributed by atoms with Gasteiger partial charge in [-0.3, -0.25) is 19.3 Å². The van der Waals surface area contributed by atoms with Gasteiger partial charge in [-0.25, -0.2) is 4.79 Å². The third kappa shape index (κ3) is 7.53. The molecule has 1 aliphatic heterocycles. The van der Waals surface area contributed by atoms with E-state index in [0.717, 1.165) is 24.8 Å². The topological polar surface area (TPSA) is 134 Å². The van der Waals surface area contributed by atoms with Crippen molar-refractivity contribution in [3.63, 3.8) is 0 Å². The van der Waals surface area contributed by atoms with Gasteiger partial charge in [0, 0.05) is 19.6 Å². The number of amides is 4. The predicted molar refractivity (Wildman–Crippen MR) is 153 cm³/mol. The molecule has 1 aliphatic carbocycles. The average molecular weight is 558 g/mol.